The summed E-state index contributed by atoms with van der Waals surface area (Å²) < 4.78 is 21.2. The summed E-state index contributed by atoms with van der Waals surface area (Å²) in [7, 11) is 1.48. The van der Waals surface area contributed by atoms with Gasteiger partial charge in [-0.15, -0.1) is 0 Å². The minimum atomic E-state index is -1.33. The maximum atomic E-state index is 13.5. The number of nitrogens with zero attached hydrogens (tertiary/aromatic N) is 1. The fourth-order valence-corrected chi connectivity index (χ4v) is 4.03. The van der Waals surface area contributed by atoms with E-state index in [0.29, 0.717) is 29.3 Å². The lowest BCUT2D eigenvalue weighted by molar-refractivity contribution is -0.0977. The number of nitrogens with one attached hydrogen (secondary N) is 2. The average Bonchev–Trinajstić information content (AvgIpc) is 3.73. The van der Waals surface area contributed by atoms with Crippen LogP contribution in [0.25, 0.3) is 17.2 Å². The number of hydrogen-bond acceptors (Lipinski definition) is 10. The third-order valence-corrected chi connectivity index (χ3v) is 6.16. The van der Waals surface area contributed by atoms with Crippen LogP contribution in [0.4, 0.5) is 4.79 Å². The summed E-state index contributed by atoms with van der Waals surface area (Å²) >= 11 is 0. The van der Waals surface area contributed by atoms with Gasteiger partial charge in [0.1, 0.15) is 17.6 Å². The Morgan fingerprint density at radius 2 is 1.81 bits per heavy atom. The maximum absolute atomic E-state index is 13.5. The Bertz CT molecular complexity index is 1310. The number of hydrogen-bond donors (Lipinski definition) is 3. The highest BCUT2D eigenvalue weighted by molar-refractivity contribution is 6.05. The summed E-state index contributed by atoms with van der Waals surface area (Å²) in [5.41, 5.74) is 0.558. The molecule has 2 unspecified atom stereocenters. The summed E-state index contributed by atoms with van der Waals surface area (Å²) in [5.74, 6) is -0.425. The largest absolute Gasteiger partial charge is 0.511 e. The van der Waals surface area contributed by atoms with E-state index in [0.717, 1.165) is 12.8 Å². The van der Waals surface area contributed by atoms with Crippen molar-refractivity contribution in [1.29, 1.82) is 0 Å². The topological polar surface area (TPSA) is 145 Å². The fourth-order valence-electron chi connectivity index (χ4n) is 4.03. The van der Waals surface area contributed by atoms with Gasteiger partial charge in [0.15, 0.2) is 5.69 Å². The third-order valence-electron chi connectivity index (χ3n) is 6.16. The van der Waals surface area contributed by atoms with E-state index in [1.807, 2.05) is 13.8 Å². The molecule has 1 heterocycles. The molecule has 1 saturated carbocycles. The Balaban J connectivity index is 2.07. The van der Waals surface area contributed by atoms with Gasteiger partial charge in [0.2, 0.25) is 6.29 Å². The standard InChI is InChI=1S/C31H41N3O8/c1-9-20-14-23(27(35)33-17(2)3)22(15-25(20)39-8)21-12-13-24(28(36)32-16-19-10-11-19)34-26(21)29(37)40-18(4)41-30(38)42-31(5,6)7/h9,12-15,17-19,28,32,36H,1,10-11,16H2,2-8H3,(H,33,35). The first-order chi connectivity index (χ1) is 19.7. The smallest absolute Gasteiger partial charge is 0.496 e. The molecular formula is C31H41N3O8. The van der Waals surface area contributed by atoms with Crippen molar-refractivity contribution >= 4 is 24.1 Å². The molecule has 0 aliphatic heterocycles. The molecule has 0 bridgehead atoms. The zero-order valence-corrected chi connectivity index (χ0v) is 25.3. The molecule has 1 aromatic carbocycles. The molecule has 1 aliphatic carbocycles. The van der Waals surface area contributed by atoms with Crippen molar-refractivity contribution < 1.29 is 38.4 Å². The number of aliphatic hydroxyl groups is 1. The van der Waals surface area contributed by atoms with E-state index in [1.165, 1.54) is 14.0 Å². The number of aliphatic hydroxyl groups excluding tert-OH is 1. The first kappa shape index (κ1) is 32.6. The maximum Gasteiger partial charge on any atom is 0.511 e. The van der Waals surface area contributed by atoms with Crippen LogP contribution in [-0.4, -0.2) is 59.7 Å². The van der Waals surface area contributed by atoms with Crippen LogP contribution < -0.4 is 15.4 Å². The predicted molar refractivity (Wildman–Crippen MR) is 157 cm³/mol. The van der Waals surface area contributed by atoms with Crippen LogP contribution in [0.2, 0.25) is 0 Å². The number of aromatic nitrogens is 1. The van der Waals surface area contributed by atoms with E-state index in [-0.39, 0.29) is 34.5 Å². The van der Waals surface area contributed by atoms with Crippen molar-refractivity contribution in [2.45, 2.75) is 78.5 Å². The molecule has 2 atom stereocenters. The molecule has 2 aromatic rings. The highest BCUT2D eigenvalue weighted by Crippen LogP contribution is 2.35. The lowest BCUT2D eigenvalue weighted by atomic mass is 9.94. The van der Waals surface area contributed by atoms with Gasteiger partial charge in [-0.3, -0.25) is 10.1 Å². The summed E-state index contributed by atoms with van der Waals surface area (Å²) in [4.78, 5) is 43.4. The second-order valence-electron chi connectivity index (χ2n) is 11.4. The number of esters is 1. The summed E-state index contributed by atoms with van der Waals surface area (Å²) in [6, 6.07) is 6.21. The predicted octanol–water partition coefficient (Wildman–Crippen LogP) is 4.98. The summed E-state index contributed by atoms with van der Waals surface area (Å²) in [5, 5.41) is 16.6. The number of ether oxygens (including phenoxy) is 4. The lowest BCUT2D eigenvalue weighted by Crippen LogP contribution is -2.31. The van der Waals surface area contributed by atoms with Gasteiger partial charge in [-0.2, -0.15) is 0 Å². The van der Waals surface area contributed by atoms with Crippen molar-refractivity contribution in [3.8, 4) is 16.9 Å². The Morgan fingerprint density at radius 3 is 2.38 bits per heavy atom. The van der Waals surface area contributed by atoms with Crippen LogP contribution in [0, 0.1) is 5.92 Å². The summed E-state index contributed by atoms with van der Waals surface area (Å²) in [6.07, 6.45) is 0.240. The number of methoxy groups -OCH3 is 1. The molecule has 3 N–H and O–H groups in total. The molecule has 0 radical (unpaired) electrons. The van der Waals surface area contributed by atoms with Gasteiger partial charge in [0, 0.05) is 41.8 Å². The number of benzene rings is 1. The lowest BCUT2D eigenvalue weighted by Gasteiger charge is -2.22. The van der Waals surface area contributed by atoms with E-state index in [1.54, 1.807) is 51.1 Å². The van der Waals surface area contributed by atoms with Crippen molar-refractivity contribution in [2.24, 2.45) is 5.92 Å². The second kappa shape index (κ2) is 13.8. The van der Waals surface area contributed by atoms with Crippen molar-refractivity contribution in [3.63, 3.8) is 0 Å². The molecule has 1 aliphatic rings. The van der Waals surface area contributed by atoms with Gasteiger partial charge in [-0.1, -0.05) is 12.7 Å². The summed E-state index contributed by atoms with van der Waals surface area (Å²) in [6.45, 7) is 14.5. The van der Waals surface area contributed by atoms with Gasteiger partial charge >= 0.3 is 12.1 Å². The van der Waals surface area contributed by atoms with Gasteiger partial charge in [-0.05, 0) is 77.6 Å². The molecule has 1 amide bonds. The van der Waals surface area contributed by atoms with Gasteiger partial charge in [-0.25, -0.2) is 14.6 Å². The van der Waals surface area contributed by atoms with Crippen LogP contribution in [-0.2, 0) is 14.2 Å². The van der Waals surface area contributed by atoms with Gasteiger partial charge in [0.05, 0.1) is 12.8 Å². The Hall–Kier alpha value is -3.96. The molecule has 1 aromatic heterocycles. The van der Waals surface area contributed by atoms with Crippen LogP contribution in [0.3, 0.4) is 0 Å². The van der Waals surface area contributed by atoms with E-state index in [2.05, 4.69) is 22.2 Å². The molecule has 42 heavy (non-hydrogen) atoms. The zero-order valence-electron chi connectivity index (χ0n) is 25.3. The normalized spacial score (nSPS) is 14.5. The third kappa shape index (κ3) is 9.02. The number of carbonyl (C=O) groups excluding carboxylic acids is 3. The molecule has 0 spiro atoms. The van der Waals surface area contributed by atoms with Crippen LogP contribution in [0.1, 0.15) is 92.7 Å². The second-order valence-corrected chi connectivity index (χ2v) is 11.4. The van der Waals surface area contributed by atoms with E-state index in [9.17, 15) is 19.5 Å². The number of rotatable bonds is 12. The Labute approximate surface area is 246 Å². The van der Waals surface area contributed by atoms with Crippen LogP contribution >= 0.6 is 0 Å². The van der Waals surface area contributed by atoms with Crippen molar-refractivity contribution in [1.82, 2.24) is 15.6 Å². The average molecular weight is 584 g/mol. The molecule has 228 valence electrons. The van der Waals surface area contributed by atoms with Crippen LogP contribution in [0.15, 0.2) is 30.8 Å². The Morgan fingerprint density at radius 1 is 1.12 bits per heavy atom. The minimum absolute atomic E-state index is 0.164. The van der Waals surface area contributed by atoms with Crippen molar-refractivity contribution in [3.05, 3.63) is 53.4 Å². The fraction of sp³-hybridized carbons (Fsp3) is 0.484. The molecule has 11 nitrogen and oxygen atoms in total. The first-order valence-electron chi connectivity index (χ1n) is 13.9. The quantitative estimate of drug-likeness (QED) is 0.231. The monoisotopic (exact) mass is 583 g/mol. The SMILES string of the molecule is C=Cc1cc(C(=O)NC(C)C)c(-c2ccc(C(O)NCC3CC3)nc2C(=O)OC(C)OC(=O)OC(C)(C)C)cc1OC. The van der Waals surface area contributed by atoms with E-state index < -0.39 is 30.2 Å². The molecule has 3 rings (SSSR count). The van der Waals surface area contributed by atoms with Crippen LogP contribution in [0.5, 0.6) is 5.75 Å². The van der Waals surface area contributed by atoms with Gasteiger partial charge < -0.3 is 29.4 Å². The minimum Gasteiger partial charge on any atom is -0.496 e. The molecular weight excluding hydrogens is 542 g/mol. The molecule has 11 heteroatoms. The number of carbonyl (C=O) groups is 3. The number of amides is 1. The highest BCUT2D eigenvalue weighted by Gasteiger charge is 2.28. The Kier molecular flexibility index (Phi) is 10.7. The van der Waals surface area contributed by atoms with E-state index >= 15 is 0 Å². The highest BCUT2D eigenvalue weighted by atomic mass is 16.8. The zero-order chi connectivity index (χ0) is 31.2. The first-order valence-corrected chi connectivity index (χ1v) is 13.9. The number of pyridine rings is 1. The van der Waals surface area contributed by atoms with E-state index in [4.69, 9.17) is 18.9 Å². The van der Waals surface area contributed by atoms with Crippen molar-refractivity contribution in [2.75, 3.05) is 13.7 Å². The molecule has 1 fully saturated rings. The van der Waals surface area contributed by atoms with Gasteiger partial charge in [0.25, 0.3) is 5.91 Å². The molecule has 0 saturated heterocycles.